The zero-order valence-electron chi connectivity index (χ0n) is 17.2. The summed E-state index contributed by atoms with van der Waals surface area (Å²) < 4.78 is 25.7. The molecule has 0 atom stereocenters. The van der Waals surface area contributed by atoms with Crippen LogP contribution in [0.25, 0.3) is 11.5 Å². The highest BCUT2D eigenvalue weighted by molar-refractivity contribution is 7.98. The van der Waals surface area contributed by atoms with Crippen molar-refractivity contribution in [3.8, 4) is 17.2 Å². The van der Waals surface area contributed by atoms with Gasteiger partial charge in [0, 0.05) is 11.3 Å². The van der Waals surface area contributed by atoms with E-state index in [4.69, 9.17) is 15.0 Å². The van der Waals surface area contributed by atoms with E-state index in [0.29, 0.717) is 34.1 Å². The minimum absolute atomic E-state index is 0.212. The van der Waals surface area contributed by atoms with E-state index in [-0.39, 0.29) is 12.4 Å². The first-order valence-electron chi connectivity index (χ1n) is 9.75. The zero-order chi connectivity index (χ0) is 21.8. The van der Waals surface area contributed by atoms with E-state index in [1.165, 1.54) is 34.1 Å². The molecule has 0 radical (unpaired) electrons. The van der Waals surface area contributed by atoms with Gasteiger partial charge in [-0.15, -0.1) is 10.2 Å². The van der Waals surface area contributed by atoms with Crippen molar-refractivity contribution in [2.45, 2.75) is 37.3 Å². The van der Waals surface area contributed by atoms with Crippen LogP contribution in [0.5, 0.6) is 5.75 Å². The third kappa shape index (κ3) is 5.05. The first kappa shape index (κ1) is 20.9. The number of thioether (sulfide) groups is 1. The Bertz CT molecular complexity index is 1140. The summed E-state index contributed by atoms with van der Waals surface area (Å²) in [4.78, 5) is 4.42. The Morgan fingerprint density at radius 2 is 1.84 bits per heavy atom. The highest BCUT2D eigenvalue weighted by Crippen LogP contribution is 2.24. The number of nitrogens with two attached hydrogens (primary N) is 1. The minimum Gasteiger partial charge on any atom is -0.486 e. The number of hydrogen-bond acceptors (Lipinski definition) is 7. The average Bonchev–Trinajstić information content (AvgIpc) is 3.38. The molecule has 0 saturated carbocycles. The van der Waals surface area contributed by atoms with Crippen LogP contribution in [0.4, 0.5) is 4.39 Å². The number of nitrogen functional groups attached to an aromatic ring is 1. The van der Waals surface area contributed by atoms with E-state index in [2.05, 4.69) is 29.0 Å². The zero-order valence-corrected chi connectivity index (χ0v) is 18.0. The molecule has 7 nitrogen and oxygen atoms in total. The molecule has 0 aliphatic rings. The molecule has 4 rings (SSSR count). The maximum absolute atomic E-state index is 13.1. The second-order valence-corrected chi connectivity index (χ2v) is 8.16. The molecule has 31 heavy (non-hydrogen) atoms. The van der Waals surface area contributed by atoms with Crippen molar-refractivity contribution >= 4 is 11.8 Å². The first-order valence-corrected chi connectivity index (χ1v) is 10.7. The van der Waals surface area contributed by atoms with Crippen molar-refractivity contribution in [3.05, 3.63) is 77.7 Å². The first-order chi connectivity index (χ1) is 15.0. The van der Waals surface area contributed by atoms with E-state index in [9.17, 15) is 4.39 Å². The lowest BCUT2D eigenvalue weighted by atomic mass is 10.0. The van der Waals surface area contributed by atoms with E-state index >= 15 is 0 Å². The number of oxazole rings is 1. The van der Waals surface area contributed by atoms with Gasteiger partial charge in [0.25, 0.3) is 0 Å². The fourth-order valence-corrected chi connectivity index (χ4v) is 3.59. The third-order valence-corrected chi connectivity index (χ3v) is 5.62. The summed E-state index contributed by atoms with van der Waals surface area (Å²) in [7, 11) is 0. The van der Waals surface area contributed by atoms with Crippen molar-refractivity contribution in [2.24, 2.45) is 0 Å². The van der Waals surface area contributed by atoms with Gasteiger partial charge < -0.3 is 15.0 Å². The Kier molecular flexibility index (Phi) is 6.22. The quantitative estimate of drug-likeness (QED) is 0.312. The predicted octanol–water partition coefficient (Wildman–Crippen LogP) is 4.78. The van der Waals surface area contributed by atoms with Gasteiger partial charge in [0.05, 0.1) is 5.69 Å². The van der Waals surface area contributed by atoms with Crippen LogP contribution in [-0.4, -0.2) is 19.9 Å². The van der Waals surface area contributed by atoms with Gasteiger partial charge in [0.15, 0.2) is 5.82 Å². The highest BCUT2D eigenvalue weighted by Gasteiger charge is 2.13. The lowest BCUT2D eigenvalue weighted by Crippen LogP contribution is -2.15. The highest BCUT2D eigenvalue weighted by atomic mass is 32.2. The molecule has 0 fully saturated rings. The normalized spacial score (nSPS) is 11.2. The molecular formula is C22H22FN5O2S. The van der Waals surface area contributed by atoms with E-state index in [0.717, 1.165) is 11.4 Å². The molecule has 4 aromatic rings. The van der Waals surface area contributed by atoms with Crippen LogP contribution in [0.1, 0.15) is 36.8 Å². The SMILES string of the molecule is CC(C)c1ccc(OCc2nnc(SCc3coc(-c4ccc(F)cc4)n3)n2N)cc1. The Morgan fingerprint density at radius 3 is 2.55 bits per heavy atom. The summed E-state index contributed by atoms with van der Waals surface area (Å²) in [6, 6.07) is 13.9. The van der Waals surface area contributed by atoms with Crippen molar-refractivity contribution in [2.75, 3.05) is 5.84 Å². The van der Waals surface area contributed by atoms with Crippen LogP contribution in [0.3, 0.4) is 0 Å². The van der Waals surface area contributed by atoms with Crippen LogP contribution in [0, 0.1) is 5.82 Å². The number of aromatic nitrogens is 4. The molecule has 2 aromatic heterocycles. The summed E-state index contributed by atoms with van der Waals surface area (Å²) in [5.41, 5.74) is 2.68. The number of halogens is 1. The van der Waals surface area contributed by atoms with Gasteiger partial charge in [0.1, 0.15) is 24.4 Å². The molecule has 0 unspecified atom stereocenters. The maximum atomic E-state index is 13.1. The number of ether oxygens (including phenoxy) is 1. The number of rotatable bonds is 8. The molecule has 0 aliphatic carbocycles. The lowest BCUT2D eigenvalue weighted by molar-refractivity contribution is 0.291. The van der Waals surface area contributed by atoms with Gasteiger partial charge in [-0.25, -0.2) is 14.1 Å². The minimum atomic E-state index is -0.305. The predicted molar refractivity (Wildman–Crippen MR) is 116 cm³/mol. The van der Waals surface area contributed by atoms with Gasteiger partial charge in [-0.2, -0.15) is 0 Å². The summed E-state index contributed by atoms with van der Waals surface area (Å²) in [6.07, 6.45) is 1.56. The third-order valence-electron chi connectivity index (χ3n) is 4.64. The average molecular weight is 440 g/mol. The lowest BCUT2D eigenvalue weighted by Gasteiger charge is -2.08. The van der Waals surface area contributed by atoms with Gasteiger partial charge in [0.2, 0.25) is 11.0 Å². The fraction of sp³-hybridized carbons (Fsp3) is 0.227. The van der Waals surface area contributed by atoms with E-state index in [1.807, 2.05) is 24.3 Å². The largest absolute Gasteiger partial charge is 0.486 e. The summed E-state index contributed by atoms with van der Waals surface area (Å²) in [6.45, 7) is 4.51. The van der Waals surface area contributed by atoms with Crippen molar-refractivity contribution in [1.82, 2.24) is 19.9 Å². The molecule has 0 saturated heterocycles. The van der Waals surface area contributed by atoms with E-state index < -0.39 is 0 Å². The van der Waals surface area contributed by atoms with Gasteiger partial charge in [-0.3, -0.25) is 0 Å². The number of hydrogen-bond donors (Lipinski definition) is 1. The van der Waals surface area contributed by atoms with Crippen LogP contribution < -0.4 is 10.6 Å². The van der Waals surface area contributed by atoms with Crippen molar-refractivity contribution in [1.29, 1.82) is 0 Å². The van der Waals surface area contributed by atoms with Crippen LogP contribution in [0.2, 0.25) is 0 Å². The number of nitrogens with zero attached hydrogens (tertiary/aromatic N) is 4. The second-order valence-electron chi connectivity index (χ2n) is 7.22. The summed E-state index contributed by atoms with van der Waals surface area (Å²) in [5, 5.41) is 8.78. The summed E-state index contributed by atoms with van der Waals surface area (Å²) in [5.74, 6) is 8.48. The molecular weight excluding hydrogens is 417 g/mol. The van der Waals surface area contributed by atoms with E-state index in [1.54, 1.807) is 18.4 Å². The van der Waals surface area contributed by atoms with Crippen LogP contribution in [0.15, 0.2) is 64.4 Å². The van der Waals surface area contributed by atoms with Crippen molar-refractivity contribution < 1.29 is 13.5 Å². The molecule has 9 heteroatoms. The molecule has 2 aromatic carbocycles. The van der Waals surface area contributed by atoms with Crippen LogP contribution in [-0.2, 0) is 12.4 Å². The molecule has 2 heterocycles. The Morgan fingerprint density at radius 1 is 1.10 bits per heavy atom. The maximum Gasteiger partial charge on any atom is 0.226 e. The number of benzene rings is 2. The van der Waals surface area contributed by atoms with Crippen LogP contribution >= 0.6 is 11.8 Å². The molecule has 2 N–H and O–H groups in total. The summed E-state index contributed by atoms with van der Waals surface area (Å²) >= 11 is 1.39. The molecule has 0 aliphatic heterocycles. The monoisotopic (exact) mass is 439 g/mol. The second kappa shape index (κ2) is 9.22. The van der Waals surface area contributed by atoms with Gasteiger partial charge in [-0.1, -0.05) is 37.7 Å². The molecule has 160 valence electrons. The fourth-order valence-electron chi connectivity index (χ4n) is 2.84. The standard InChI is InChI=1S/C22H22FN5O2S/c1-14(2)15-5-9-19(10-6-15)29-12-20-26-27-22(28(20)24)31-13-18-11-30-21(25-18)16-3-7-17(23)8-4-16/h3-11,14H,12-13,24H2,1-2H3. The van der Waals surface area contributed by atoms with Crippen molar-refractivity contribution in [3.63, 3.8) is 0 Å². The molecule has 0 spiro atoms. The topological polar surface area (TPSA) is 92.0 Å². The smallest absolute Gasteiger partial charge is 0.226 e. The molecule has 0 amide bonds. The van der Waals surface area contributed by atoms with Gasteiger partial charge in [-0.05, 0) is 47.9 Å². The Balaban J connectivity index is 1.34. The van der Waals surface area contributed by atoms with Gasteiger partial charge >= 0.3 is 0 Å². The Labute approximate surface area is 183 Å². The molecule has 0 bridgehead atoms. The Hall–Kier alpha value is -3.33.